The van der Waals surface area contributed by atoms with Crippen molar-refractivity contribution in [1.82, 2.24) is 9.62 Å². The van der Waals surface area contributed by atoms with E-state index in [-0.39, 0.29) is 31.0 Å². The van der Waals surface area contributed by atoms with E-state index < -0.39 is 28.2 Å². The third-order valence-electron chi connectivity index (χ3n) is 7.04. The summed E-state index contributed by atoms with van der Waals surface area (Å²) in [4.78, 5) is 26.3. The number of carbonyl (C=O) groups excluding carboxylic acids is 2. The van der Waals surface area contributed by atoms with Crippen molar-refractivity contribution in [2.24, 2.45) is 0 Å². The van der Waals surface area contributed by atoms with Crippen LogP contribution in [-0.4, -0.2) is 68.9 Å². The minimum Gasteiger partial charge on any atom is -0.452 e. The molecule has 0 aromatic heterocycles. The maximum Gasteiger partial charge on any atom is 0.306 e. The first kappa shape index (κ1) is 24.2. The fraction of sp³-hybridized carbons (Fsp3) is 0.667. The number of piperidine rings is 1. The third-order valence-corrected chi connectivity index (χ3v) is 7.77. The number of ether oxygens (including phenoxy) is 2. The monoisotopic (exact) mass is 478 g/mol. The largest absolute Gasteiger partial charge is 0.452 e. The van der Waals surface area contributed by atoms with Crippen molar-refractivity contribution in [3.8, 4) is 0 Å². The van der Waals surface area contributed by atoms with Crippen molar-refractivity contribution in [1.29, 1.82) is 0 Å². The fourth-order valence-electron chi connectivity index (χ4n) is 5.36. The summed E-state index contributed by atoms with van der Waals surface area (Å²) in [5.41, 5.74) is 1.36. The Bertz CT molecular complexity index is 930. The molecule has 0 spiro atoms. The number of likely N-dealkylation sites (tertiary alicyclic amines) is 1. The van der Waals surface area contributed by atoms with E-state index in [4.69, 9.17) is 9.47 Å². The molecule has 182 valence electrons. The van der Waals surface area contributed by atoms with Gasteiger partial charge in [-0.1, -0.05) is 30.3 Å². The van der Waals surface area contributed by atoms with Gasteiger partial charge < -0.3 is 14.4 Å². The normalized spacial score (nSPS) is 30.8. The van der Waals surface area contributed by atoms with Crippen LogP contribution < -0.4 is 4.72 Å². The fourth-order valence-corrected chi connectivity index (χ4v) is 6.18. The Labute approximate surface area is 196 Å². The van der Waals surface area contributed by atoms with E-state index in [1.807, 2.05) is 6.07 Å². The molecule has 3 fully saturated rings. The molecular weight excluding hydrogens is 444 g/mol. The molecule has 9 heteroatoms. The molecule has 1 amide bonds. The molecule has 0 unspecified atom stereocenters. The van der Waals surface area contributed by atoms with Gasteiger partial charge in [0, 0.05) is 25.4 Å². The SMILES string of the molecule is CS(=O)(=O)N[C@H]1CCCN(C(=O)[C@@H]2CCC(=O)O2)[C@H]1CO[C@H]1CC[C@@H](c2ccccc2)CC1. The number of sulfonamides is 1. The van der Waals surface area contributed by atoms with Gasteiger partial charge in [-0.3, -0.25) is 9.59 Å². The Morgan fingerprint density at radius 2 is 1.85 bits per heavy atom. The first-order valence-corrected chi connectivity index (χ1v) is 13.8. The van der Waals surface area contributed by atoms with E-state index in [1.165, 1.54) is 5.56 Å². The first-order valence-electron chi connectivity index (χ1n) is 11.9. The van der Waals surface area contributed by atoms with Crippen LogP contribution in [0.1, 0.15) is 62.8 Å². The number of esters is 1. The van der Waals surface area contributed by atoms with Crippen molar-refractivity contribution in [2.45, 2.75) is 81.6 Å². The maximum atomic E-state index is 13.1. The molecule has 1 saturated carbocycles. The molecule has 8 nitrogen and oxygen atoms in total. The lowest BCUT2D eigenvalue weighted by Crippen LogP contribution is -2.60. The quantitative estimate of drug-likeness (QED) is 0.604. The van der Waals surface area contributed by atoms with E-state index in [0.717, 1.165) is 31.9 Å². The summed E-state index contributed by atoms with van der Waals surface area (Å²) in [7, 11) is -3.44. The van der Waals surface area contributed by atoms with E-state index in [9.17, 15) is 18.0 Å². The summed E-state index contributed by atoms with van der Waals surface area (Å²) in [5, 5.41) is 0. The maximum absolute atomic E-state index is 13.1. The van der Waals surface area contributed by atoms with Crippen LogP contribution in [0, 0.1) is 0 Å². The van der Waals surface area contributed by atoms with Crippen LogP contribution in [0.5, 0.6) is 0 Å². The van der Waals surface area contributed by atoms with Crippen LogP contribution in [0.4, 0.5) is 0 Å². The van der Waals surface area contributed by atoms with Gasteiger partial charge >= 0.3 is 5.97 Å². The molecule has 2 aliphatic heterocycles. The van der Waals surface area contributed by atoms with Gasteiger partial charge in [0.15, 0.2) is 6.10 Å². The zero-order chi connectivity index (χ0) is 23.4. The average molecular weight is 479 g/mol. The number of nitrogens with zero attached hydrogens (tertiary/aromatic N) is 1. The molecule has 3 aliphatic rings. The van der Waals surface area contributed by atoms with Crippen molar-refractivity contribution < 1.29 is 27.5 Å². The number of nitrogens with one attached hydrogen (secondary N) is 1. The first-order chi connectivity index (χ1) is 15.8. The zero-order valence-electron chi connectivity index (χ0n) is 19.1. The smallest absolute Gasteiger partial charge is 0.306 e. The van der Waals surface area contributed by atoms with Gasteiger partial charge in [-0.2, -0.15) is 0 Å². The van der Waals surface area contributed by atoms with Gasteiger partial charge in [-0.15, -0.1) is 0 Å². The van der Waals surface area contributed by atoms with Crippen molar-refractivity contribution >= 4 is 21.9 Å². The second kappa shape index (κ2) is 10.5. The van der Waals surface area contributed by atoms with Crippen molar-refractivity contribution in [3.63, 3.8) is 0 Å². The molecule has 1 aromatic rings. The highest BCUT2D eigenvalue weighted by molar-refractivity contribution is 7.88. The van der Waals surface area contributed by atoms with E-state index in [0.29, 0.717) is 31.7 Å². The summed E-state index contributed by atoms with van der Waals surface area (Å²) in [6, 6.07) is 9.68. The van der Waals surface area contributed by atoms with Crippen LogP contribution >= 0.6 is 0 Å². The van der Waals surface area contributed by atoms with Crippen molar-refractivity contribution in [2.75, 3.05) is 19.4 Å². The molecule has 0 bridgehead atoms. The molecule has 1 aromatic carbocycles. The van der Waals surface area contributed by atoms with Crippen LogP contribution in [0.15, 0.2) is 30.3 Å². The molecule has 2 heterocycles. The van der Waals surface area contributed by atoms with Crippen LogP contribution in [0.2, 0.25) is 0 Å². The highest BCUT2D eigenvalue weighted by Crippen LogP contribution is 2.34. The van der Waals surface area contributed by atoms with Crippen LogP contribution in [0.25, 0.3) is 0 Å². The minimum absolute atomic E-state index is 0.0898. The molecule has 33 heavy (non-hydrogen) atoms. The second-order valence-corrected chi connectivity index (χ2v) is 11.3. The number of hydrogen-bond acceptors (Lipinski definition) is 6. The Morgan fingerprint density at radius 1 is 1.12 bits per heavy atom. The standard InChI is InChI=1S/C24H34N2O6S/c1-33(29,30)25-20-8-5-15-26(24(28)22-13-14-23(27)32-22)21(20)16-31-19-11-9-18(10-12-19)17-6-3-2-4-7-17/h2-4,6-7,18-22,25H,5,8-16H2,1H3/t18-,19+,20-,21-,22-/m0/s1. The predicted octanol–water partition coefficient (Wildman–Crippen LogP) is 2.34. The summed E-state index contributed by atoms with van der Waals surface area (Å²) >= 11 is 0. The molecule has 2 saturated heterocycles. The average Bonchev–Trinajstić information content (AvgIpc) is 3.24. The highest BCUT2D eigenvalue weighted by atomic mass is 32.2. The summed E-state index contributed by atoms with van der Waals surface area (Å²) < 4.78 is 38.1. The van der Waals surface area contributed by atoms with E-state index >= 15 is 0 Å². The third kappa shape index (κ3) is 6.33. The molecule has 1 aliphatic carbocycles. The van der Waals surface area contributed by atoms with Crippen LogP contribution in [0.3, 0.4) is 0 Å². The Morgan fingerprint density at radius 3 is 2.48 bits per heavy atom. The van der Waals surface area contributed by atoms with Gasteiger partial charge in [0.05, 0.1) is 25.0 Å². The number of hydrogen-bond donors (Lipinski definition) is 1. The number of carbonyl (C=O) groups is 2. The summed E-state index contributed by atoms with van der Waals surface area (Å²) in [6.45, 7) is 0.768. The number of cyclic esters (lactones) is 1. The highest BCUT2D eigenvalue weighted by Gasteiger charge is 2.41. The molecule has 4 rings (SSSR count). The van der Waals surface area contributed by atoms with E-state index in [1.54, 1.807) is 4.90 Å². The molecule has 1 N–H and O–H groups in total. The van der Waals surface area contributed by atoms with Gasteiger partial charge in [0.2, 0.25) is 10.0 Å². The van der Waals surface area contributed by atoms with Gasteiger partial charge in [0.25, 0.3) is 5.91 Å². The zero-order valence-corrected chi connectivity index (χ0v) is 20.0. The minimum atomic E-state index is -3.44. The number of rotatable bonds is 7. The van der Waals surface area contributed by atoms with Gasteiger partial charge in [-0.05, 0) is 50.0 Å². The van der Waals surface area contributed by atoms with Gasteiger partial charge in [-0.25, -0.2) is 13.1 Å². The van der Waals surface area contributed by atoms with Gasteiger partial charge in [0.1, 0.15) is 0 Å². The number of benzene rings is 1. The lowest BCUT2D eigenvalue weighted by molar-refractivity contribution is -0.157. The lowest BCUT2D eigenvalue weighted by atomic mass is 9.83. The summed E-state index contributed by atoms with van der Waals surface area (Å²) in [5.74, 6) is -0.0723. The predicted molar refractivity (Wildman–Crippen MR) is 123 cm³/mol. The van der Waals surface area contributed by atoms with Crippen molar-refractivity contribution in [3.05, 3.63) is 35.9 Å². The topological polar surface area (TPSA) is 102 Å². The molecular formula is C24H34N2O6S. The molecule has 0 radical (unpaired) electrons. The van der Waals surface area contributed by atoms with E-state index in [2.05, 4.69) is 29.0 Å². The second-order valence-electron chi connectivity index (χ2n) is 9.47. The Balaban J connectivity index is 1.39. The molecule has 3 atom stereocenters. The van der Waals surface area contributed by atoms with Crippen LogP contribution in [-0.2, 0) is 29.1 Å². The Kier molecular flexibility index (Phi) is 7.71. The number of amides is 1. The lowest BCUT2D eigenvalue weighted by Gasteiger charge is -2.42. The summed E-state index contributed by atoms with van der Waals surface area (Å²) in [6.07, 6.45) is 6.33. The Hall–Kier alpha value is -1.97.